The summed E-state index contributed by atoms with van der Waals surface area (Å²) in [5.41, 5.74) is 2.97. The molecule has 2 aliphatic rings. The summed E-state index contributed by atoms with van der Waals surface area (Å²) in [5.74, 6) is -0.241. The second kappa shape index (κ2) is 14.4. The number of benzene rings is 2. The van der Waals surface area contributed by atoms with Crippen LogP contribution >= 0.6 is 0 Å². The number of ether oxygens (including phenoxy) is 3. The van der Waals surface area contributed by atoms with Crippen molar-refractivity contribution in [2.75, 3.05) is 26.8 Å². The first-order valence-electron chi connectivity index (χ1n) is 15.2. The Morgan fingerprint density at radius 2 is 1.91 bits per heavy atom. The van der Waals surface area contributed by atoms with E-state index in [9.17, 15) is 23.6 Å². The van der Waals surface area contributed by atoms with Crippen molar-refractivity contribution in [3.63, 3.8) is 0 Å². The lowest BCUT2D eigenvalue weighted by Gasteiger charge is -2.39. The minimum Gasteiger partial charge on any atom is -0.493 e. The van der Waals surface area contributed by atoms with Crippen LogP contribution in [0.25, 0.3) is 0 Å². The Hall–Kier alpha value is -4.94. The highest BCUT2D eigenvalue weighted by molar-refractivity contribution is 5.79. The molecule has 1 fully saturated rings. The number of aromatic nitrogens is 2. The summed E-state index contributed by atoms with van der Waals surface area (Å²) >= 11 is 0. The zero-order valence-electron chi connectivity index (χ0n) is 26.1. The van der Waals surface area contributed by atoms with Gasteiger partial charge in [-0.15, -0.1) is 0 Å². The van der Waals surface area contributed by atoms with Crippen LogP contribution in [0.3, 0.4) is 0 Å². The maximum Gasteiger partial charge on any atom is 0.345 e. The molecule has 3 heterocycles. The van der Waals surface area contributed by atoms with Crippen LogP contribution in [0, 0.1) is 19.7 Å². The van der Waals surface area contributed by atoms with Crippen molar-refractivity contribution in [2.45, 2.75) is 64.6 Å². The van der Waals surface area contributed by atoms with E-state index in [1.165, 1.54) is 19.2 Å². The highest BCUT2D eigenvalue weighted by atomic mass is 19.1. The topological polar surface area (TPSA) is 152 Å². The molecular weight excluding hydrogens is 597 g/mol. The van der Waals surface area contributed by atoms with E-state index in [-0.39, 0.29) is 50.1 Å². The number of halogens is 1. The third kappa shape index (κ3) is 8.20. The third-order valence-corrected chi connectivity index (χ3v) is 8.23. The lowest BCUT2D eigenvalue weighted by molar-refractivity contribution is -0.135. The Bertz CT molecular complexity index is 1650. The second-order valence-electron chi connectivity index (χ2n) is 11.5. The highest BCUT2D eigenvalue weighted by Crippen LogP contribution is 2.29. The van der Waals surface area contributed by atoms with Crippen LogP contribution in [0.15, 0.2) is 41.2 Å². The molecule has 0 unspecified atom stereocenters. The summed E-state index contributed by atoms with van der Waals surface area (Å²) < 4.78 is 32.1. The van der Waals surface area contributed by atoms with Gasteiger partial charge < -0.3 is 34.7 Å². The number of likely N-dealkylation sites (tertiary alicyclic amines) is 1. The lowest BCUT2D eigenvalue weighted by atomic mass is 10.00. The van der Waals surface area contributed by atoms with Gasteiger partial charge in [-0.3, -0.25) is 14.4 Å². The van der Waals surface area contributed by atoms with Gasteiger partial charge in [-0.05, 0) is 67.6 Å². The number of aromatic amines is 1. The number of nitrogens with zero attached hydrogens (tertiary/aromatic N) is 2. The number of fused-ring (bicyclic) bond motifs is 5. The van der Waals surface area contributed by atoms with Gasteiger partial charge in [0.2, 0.25) is 11.8 Å². The molecule has 244 valence electrons. The van der Waals surface area contributed by atoms with Crippen molar-refractivity contribution < 1.29 is 33.0 Å². The molecule has 2 aliphatic heterocycles. The van der Waals surface area contributed by atoms with Crippen molar-refractivity contribution in [1.29, 1.82) is 0 Å². The number of hydrogen-bond acceptors (Lipinski definition) is 8. The fraction of sp³-hybridized carbons (Fsp3) is 0.424. The van der Waals surface area contributed by atoms with Gasteiger partial charge in [-0.25, -0.2) is 9.18 Å². The fourth-order valence-electron chi connectivity index (χ4n) is 5.84. The van der Waals surface area contributed by atoms with Crippen LogP contribution in [-0.4, -0.2) is 71.5 Å². The van der Waals surface area contributed by atoms with Crippen LogP contribution in [-0.2, 0) is 33.8 Å². The Labute approximate surface area is 265 Å². The molecule has 1 aromatic heterocycles. The largest absolute Gasteiger partial charge is 0.493 e. The molecule has 0 spiro atoms. The van der Waals surface area contributed by atoms with Gasteiger partial charge in [0.05, 0.1) is 13.2 Å². The predicted molar refractivity (Wildman–Crippen MR) is 165 cm³/mol. The molecule has 12 nitrogen and oxygen atoms in total. The molecule has 3 amide bonds. The van der Waals surface area contributed by atoms with E-state index in [1.807, 2.05) is 6.07 Å². The van der Waals surface area contributed by atoms with Crippen LogP contribution < -0.4 is 30.5 Å². The van der Waals surface area contributed by atoms with Gasteiger partial charge in [0, 0.05) is 56.4 Å². The number of aryl methyl sites for hydroxylation is 3. The van der Waals surface area contributed by atoms with Crippen LogP contribution in [0.4, 0.5) is 4.39 Å². The molecule has 0 radical (unpaired) electrons. The average Bonchev–Trinajstić information content (AvgIpc) is 3.01. The average molecular weight is 636 g/mol. The van der Waals surface area contributed by atoms with Gasteiger partial charge in [-0.1, -0.05) is 6.07 Å². The maximum absolute atomic E-state index is 14.6. The standard InChI is InChI=1S/C33H38FN5O7/c1-19-25(20(2)37-33(43)36-19)6-9-32(42)39-11-10-27-26(17-39)38-31(41)18-45-29-14-21(4-7-28(29)44-3)5-8-30(40)35-16-22-12-23(34)15-24(13-22)46-27/h4,7,12-15,26-27H,5-6,8-11,16-18H2,1-3H3,(H,35,40)(H,38,41)(H,36,37,43)/t26-,27-/m1/s1. The monoisotopic (exact) mass is 635 g/mol. The molecule has 3 aromatic rings. The summed E-state index contributed by atoms with van der Waals surface area (Å²) in [5, 5.41) is 5.78. The highest BCUT2D eigenvalue weighted by Gasteiger charge is 2.34. The molecule has 46 heavy (non-hydrogen) atoms. The first-order valence-corrected chi connectivity index (χ1v) is 15.2. The Kier molecular flexibility index (Phi) is 10.2. The van der Waals surface area contributed by atoms with Gasteiger partial charge in [-0.2, -0.15) is 4.98 Å². The van der Waals surface area contributed by atoms with Gasteiger partial charge >= 0.3 is 5.69 Å². The van der Waals surface area contributed by atoms with E-state index in [1.54, 1.807) is 36.9 Å². The number of amides is 3. The summed E-state index contributed by atoms with van der Waals surface area (Å²) in [6.45, 7) is 3.81. The number of nitrogens with one attached hydrogen (secondary N) is 3. The van der Waals surface area contributed by atoms with E-state index in [2.05, 4.69) is 20.6 Å². The van der Waals surface area contributed by atoms with Crippen LogP contribution in [0.1, 0.15) is 47.3 Å². The minimum absolute atomic E-state index is 0.112. The molecule has 5 rings (SSSR count). The predicted octanol–water partition coefficient (Wildman–Crippen LogP) is 2.27. The zero-order chi connectivity index (χ0) is 32.8. The quantitative estimate of drug-likeness (QED) is 0.395. The molecule has 4 bridgehead atoms. The van der Waals surface area contributed by atoms with E-state index >= 15 is 0 Å². The summed E-state index contributed by atoms with van der Waals surface area (Å²) in [7, 11) is 1.50. The van der Waals surface area contributed by atoms with Crippen LogP contribution in [0.2, 0.25) is 0 Å². The number of carbonyl (C=O) groups is 3. The second-order valence-corrected chi connectivity index (χ2v) is 11.5. The van der Waals surface area contributed by atoms with Gasteiger partial charge in [0.1, 0.15) is 17.7 Å². The zero-order valence-corrected chi connectivity index (χ0v) is 26.1. The van der Waals surface area contributed by atoms with Gasteiger partial charge in [0.25, 0.3) is 5.91 Å². The van der Waals surface area contributed by atoms with E-state index in [4.69, 9.17) is 14.2 Å². The number of rotatable bonds is 4. The van der Waals surface area contributed by atoms with Crippen molar-refractivity contribution >= 4 is 17.7 Å². The molecule has 2 atom stereocenters. The number of H-pyrrole nitrogens is 1. The summed E-state index contributed by atoms with van der Waals surface area (Å²) in [4.78, 5) is 59.1. The molecule has 1 saturated heterocycles. The molecule has 0 aliphatic carbocycles. The number of methoxy groups -OCH3 is 1. The molecular formula is C33H38FN5O7. The Morgan fingerprint density at radius 3 is 2.70 bits per heavy atom. The first kappa shape index (κ1) is 32.5. The summed E-state index contributed by atoms with van der Waals surface area (Å²) in [6.07, 6.45) is 0.979. The number of hydrogen-bond donors (Lipinski definition) is 3. The SMILES string of the molecule is COc1ccc2cc1OCC(=O)N[C@@H]1CN(C(=O)CCc3c(C)nc(=O)[nH]c3C)CC[C@H]1Oc1cc(F)cc(c1)CNC(=O)CC2. The molecule has 3 N–H and O–H groups in total. The van der Waals surface area contributed by atoms with Crippen LogP contribution in [0.5, 0.6) is 17.2 Å². The van der Waals surface area contributed by atoms with Crippen molar-refractivity contribution in [3.05, 3.63) is 80.8 Å². The molecule has 2 aromatic carbocycles. The first-order chi connectivity index (χ1) is 22.1. The van der Waals surface area contributed by atoms with Crippen molar-refractivity contribution in [3.8, 4) is 17.2 Å². The lowest BCUT2D eigenvalue weighted by Crippen LogP contribution is -2.58. The number of carbonyl (C=O) groups excluding carboxylic acids is 3. The third-order valence-electron chi connectivity index (χ3n) is 8.23. The molecule has 0 saturated carbocycles. The fourth-order valence-corrected chi connectivity index (χ4v) is 5.84. The minimum atomic E-state index is -0.634. The normalized spacial score (nSPS) is 18.9. The van der Waals surface area contributed by atoms with Crippen molar-refractivity contribution in [1.82, 2.24) is 25.5 Å². The smallest absolute Gasteiger partial charge is 0.345 e. The summed E-state index contributed by atoms with van der Waals surface area (Å²) in [6, 6.07) is 8.88. The Balaban J connectivity index is 1.36. The Morgan fingerprint density at radius 1 is 1.09 bits per heavy atom. The number of piperidine rings is 1. The van der Waals surface area contributed by atoms with E-state index in [0.717, 1.165) is 11.1 Å². The van der Waals surface area contributed by atoms with E-state index < -0.39 is 29.6 Å². The van der Waals surface area contributed by atoms with Crippen molar-refractivity contribution in [2.24, 2.45) is 0 Å². The van der Waals surface area contributed by atoms with E-state index in [0.29, 0.717) is 54.3 Å². The maximum atomic E-state index is 14.6. The van der Waals surface area contributed by atoms with Gasteiger partial charge in [0.15, 0.2) is 18.1 Å². The molecule has 13 heteroatoms.